The molecule has 7 aromatic carbocycles. The summed E-state index contributed by atoms with van der Waals surface area (Å²) in [6, 6.07) is -19.5. The lowest BCUT2D eigenvalue weighted by molar-refractivity contribution is 0.669. The molecule has 0 aliphatic rings. The molecular formula is C42H24N4O. The van der Waals surface area contributed by atoms with E-state index in [4.69, 9.17) is 30.5 Å². The summed E-state index contributed by atoms with van der Waals surface area (Å²) in [7, 11) is 0. The minimum Gasteiger partial charge on any atom is -0.456 e. The molecule has 0 N–H and O–H groups in total. The maximum absolute atomic E-state index is 10.4. The fourth-order valence-corrected chi connectivity index (χ4v) is 5.13. The quantitative estimate of drug-likeness (QED) is 0.195. The van der Waals surface area contributed by atoms with E-state index in [-0.39, 0.29) is 0 Å². The topological polar surface area (TPSA) is 75.6 Å². The molecule has 0 amide bonds. The van der Waals surface area contributed by atoms with Crippen molar-refractivity contribution in [2.24, 2.45) is 0 Å². The molecule has 47 heavy (non-hydrogen) atoms. The maximum atomic E-state index is 10.4. The monoisotopic (exact) mass is 624 g/mol. The lowest BCUT2D eigenvalue weighted by atomic mass is 9.90. The molecule has 5 heteroatoms. The zero-order valence-corrected chi connectivity index (χ0v) is 23.2. The molecule has 218 valence electrons. The number of benzene rings is 7. The summed E-state index contributed by atoms with van der Waals surface area (Å²) in [6.07, 6.45) is 0. The molecule has 0 saturated carbocycles. The Morgan fingerprint density at radius 2 is 1.04 bits per heavy atom. The molecule has 0 saturated heterocycles. The molecule has 0 fully saturated rings. The SMILES string of the molecule is [2H]c1c([2H])c([2H])c(-c2nc(-c3c([2H])c([2H])c([2H])c4c(-c5c([2H])c([2H])c([2H])c6c([2H])c([2H])c([2H])c(C#N)c56)c([2H])c([2H])c([2H])c34)nc(-c3c([2H])c([2H])c([2H])c4oc5c([2H])c([2H])c([2H])c([2H])c5c34)n2)c([2H])c1[2H]. The molecule has 0 aliphatic heterocycles. The van der Waals surface area contributed by atoms with Crippen LogP contribution in [0, 0.1) is 11.3 Å². The fraction of sp³-hybridized carbons (Fsp3) is 0. The minimum absolute atomic E-state index is 0.431. The van der Waals surface area contributed by atoms with Crippen molar-refractivity contribution in [1.29, 1.82) is 5.26 Å². The molecule has 2 heterocycles. The second kappa shape index (κ2) is 10.8. The summed E-state index contributed by atoms with van der Waals surface area (Å²) in [5.74, 6) is -2.52. The maximum Gasteiger partial charge on any atom is 0.164 e. The van der Waals surface area contributed by atoms with Crippen LogP contribution in [-0.4, -0.2) is 15.0 Å². The molecule has 0 radical (unpaired) electrons. The van der Waals surface area contributed by atoms with Gasteiger partial charge in [-0.2, -0.15) is 5.26 Å². The number of hydrogen-bond donors (Lipinski definition) is 0. The number of furan rings is 1. The van der Waals surface area contributed by atoms with E-state index in [1.165, 1.54) is 0 Å². The van der Waals surface area contributed by atoms with Gasteiger partial charge < -0.3 is 4.42 Å². The Labute approximate surface area is 303 Å². The van der Waals surface area contributed by atoms with Crippen molar-refractivity contribution in [3.8, 4) is 51.4 Å². The van der Waals surface area contributed by atoms with E-state index >= 15 is 0 Å². The van der Waals surface area contributed by atoms with E-state index in [0.29, 0.717) is 0 Å². The van der Waals surface area contributed by atoms with E-state index in [1.54, 1.807) is 6.07 Å². The van der Waals surface area contributed by atoms with Gasteiger partial charge >= 0.3 is 0 Å². The van der Waals surface area contributed by atoms with Crippen molar-refractivity contribution in [3.63, 3.8) is 0 Å². The molecule has 0 aliphatic carbocycles. The summed E-state index contributed by atoms with van der Waals surface area (Å²) in [4.78, 5) is 13.2. The van der Waals surface area contributed by atoms with Crippen molar-refractivity contribution in [3.05, 3.63) is 151 Å². The highest BCUT2D eigenvalue weighted by Crippen LogP contribution is 2.40. The fourth-order valence-electron chi connectivity index (χ4n) is 5.13. The Morgan fingerprint density at radius 1 is 0.468 bits per heavy atom. The summed E-state index contributed by atoms with van der Waals surface area (Å²) < 4.78 is 217. The van der Waals surface area contributed by atoms with Crippen molar-refractivity contribution in [2.75, 3.05) is 0 Å². The summed E-state index contributed by atoms with van der Waals surface area (Å²) in [6.45, 7) is 0. The van der Waals surface area contributed by atoms with E-state index in [2.05, 4.69) is 15.0 Å². The highest BCUT2D eigenvalue weighted by atomic mass is 16.3. The third-order valence-electron chi connectivity index (χ3n) is 7.12. The molecule has 0 bridgehead atoms. The number of aromatic nitrogens is 3. The van der Waals surface area contributed by atoms with Crippen molar-refractivity contribution >= 4 is 43.5 Å². The number of fused-ring (bicyclic) bond motifs is 5. The largest absolute Gasteiger partial charge is 0.456 e. The molecular weight excluding hydrogens is 576 g/mol. The first kappa shape index (κ1) is 11.9. The van der Waals surface area contributed by atoms with Crippen molar-refractivity contribution in [1.82, 2.24) is 15.0 Å². The van der Waals surface area contributed by atoms with Crippen LogP contribution in [0.1, 0.15) is 38.5 Å². The van der Waals surface area contributed by atoms with Crippen molar-refractivity contribution < 1.29 is 37.3 Å². The van der Waals surface area contributed by atoms with Crippen LogP contribution in [0.2, 0.25) is 0 Å². The predicted molar refractivity (Wildman–Crippen MR) is 189 cm³/mol. The first-order valence-electron chi connectivity index (χ1n) is 25.5. The lowest BCUT2D eigenvalue weighted by Crippen LogP contribution is -2.01. The van der Waals surface area contributed by atoms with E-state index < -0.39 is 239 Å². The number of rotatable bonds is 4. The summed E-state index contributed by atoms with van der Waals surface area (Å²) in [5.41, 5.74) is -5.40. The normalized spacial score (nSPS) is 18.5. The van der Waals surface area contributed by atoms with Crippen LogP contribution >= 0.6 is 0 Å². The van der Waals surface area contributed by atoms with Gasteiger partial charge in [0.25, 0.3) is 0 Å². The zero-order valence-electron chi connectivity index (χ0n) is 47.2. The van der Waals surface area contributed by atoms with E-state index in [1.807, 2.05) is 0 Å². The second-order valence-electron chi connectivity index (χ2n) is 9.68. The lowest BCUT2D eigenvalue weighted by Gasteiger charge is -2.14. The van der Waals surface area contributed by atoms with Gasteiger partial charge in [0.1, 0.15) is 11.2 Å². The van der Waals surface area contributed by atoms with Gasteiger partial charge in [0, 0.05) is 32.8 Å². The zero-order chi connectivity index (χ0) is 52.2. The third-order valence-corrected chi connectivity index (χ3v) is 7.12. The van der Waals surface area contributed by atoms with Crippen LogP contribution in [0.25, 0.3) is 88.8 Å². The highest BCUT2D eigenvalue weighted by Gasteiger charge is 2.19. The van der Waals surface area contributed by atoms with Crippen molar-refractivity contribution in [2.45, 2.75) is 0 Å². The minimum atomic E-state index is -1.03. The number of nitrogens with zero attached hydrogens (tertiary/aromatic N) is 4. The first-order valence-corrected chi connectivity index (χ1v) is 13.5. The number of para-hydroxylation sites is 1. The Morgan fingerprint density at radius 3 is 1.87 bits per heavy atom. The number of nitriles is 1. The van der Waals surface area contributed by atoms with Crippen LogP contribution in [0.5, 0.6) is 0 Å². The van der Waals surface area contributed by atoms with Gasteiger partial charge in [0.15, 0.2) is 17.5 Å². The van der Waals surface area contributed by atoms with Gasteiger partial charge in [0.05, 0.1) is 44.5 Å². The highest BCUT2D eigenvalue weighted by molar-refractivity contribution is 6.12. The predicted octanol–water partition coefficient (Wildman–Crippen LogP) is 10.6. The van der Waals surface area contributed by atoms with Crippen LogP contribution in [0.15, 0.2) is 149 Å². The molecule has 9 rings (SSSR count). The third kappa shape index (κ3) is 4.35. The average Bonchev–Trinajstić information content (AvgIpc) is 3.74. The molecule has 9 aromatic rings. The second-order valence-corrected chi connectivity index (χ2v) is 9.68. The van der Waals surface area contributed by atoms with Gasteiger partial charge in [-0.05, 0) is 45.4 Å². The van der Waals surface area contributed by atoms with Gasteiger partial charge in [-0.3, -0.25) is 0 Å². The molecule has 0 atom stereocenters. The van der Waals surface area contributed by atoms with Gasteiger partial charge in [-0.1, -0.05) is 127 Å². The Hall–Kier alpha value is -6.64. The standard InChI is InChI=1S/C42H24N4O/c43-25-28-15-6-13-26-14-7-20-32(38(26)28)30-18-8-19-31-29(30)17-9-21-33(31)41-44-40(27-11-2-1-3-12-27)45-42(46-41)35-22-10-24-37-39(35)34-16-4-5-23-36(34)47-37/h1-24H/i1D,2D,3D,4D,5D,6D,7D,8D,9D,10D,11D,12D,13D,14D,15D,16D,17D,18D,19D,20D,21D,22D,23D,24D. The van der Waals surface area contributed by atoms with Crippen LogP contribution in [0.3, 0.4) is 0 Å². The molecule has 0 unspecified atom stereocenters. The first-order chi connectivity index (χ1) is 33.2. The molecule has 0 spiro atoms. The molecule has 2 aromatic heterocycles. The van der Waals surface area contributed by atoms with Gasteiger partial charge in [-0.15, -0.1) is 0 Å². The van der Waals surface area contributed by atoms with Gasteiger partial charge in [0.2, 0.25) is 0 Å². The Kier molecular flexibility index (Phi) is 2.73. The van der Waals surface area contributed by atoms with E-state index in [9.17, 15) is 12.1 Å². The van der Waals surface area contributed by atoms with Crippen LogP contribution < -0.4 is 0 Å². The van der Waals surface area contributed by atoms with Crippen LogP contribution in [0.4, 0.5) is 0 Å². The number of hydrogen-bond acceptors (Lipinski definition) is 5. The Balaban J connectivity index is 1.55. The summed E-state index contributed by atoms with van der Waals surface area (Å²) in [5, 5.41) is 6.85. The Bertz CT molecular complexity index is 4040. The van der Waals surface area contributed by atoms with Crippen LogP contribution in [-0.2, 0) is 0 Å². The van der Waals surface area contributed by atoms with E-state index in [0.717, 1.165) is 0 Å². The smallest absolute Gasteiger partial charge is 0.164 e. The van der Waals surface area contributed by atoms with Gasteiger partial charge in [-0.25, -0.2) is 15.0 Å². The average molecular weight is 625 g/mol. The summed E-state index contributed by atoms with van der Waals surface area (Å²) >= 11 is 0. The molecule has 5 nitrogen and oxygen atoms in total.